The predicted molar refractivity (Wildman–Crippen MR) is 141 cm³/mol. The summed E-state index contributed by atoms with van der Waals surface area (Å²) in [5.41, 5.74) is 3.10. The Balaban J connectivity index is 1.07. The molecule has 0 spiro atoms. The van der Waals surface area contributed by atoms with Crippen LogP contribution >= 0.6 is 0 Å². The lowest BCUT2D eigenvalue weighted by molar-refractivity contribution is -0.121. The Hall–Kier alpha value is -3.45. The first-order valence-corrected chi connectivity index (χ1v) is 12.9. The minimum absolute atomic E-state index is 0.0127. The van der Waals surface area contributed by atoms with Gasteiger partial charge in [0, 0.05) is 32.3 Å². The molecular weight excluding hydrogens is 455 g/mol. The molecule has 1 aliphatic rings. The second-order valence-electron chi connectivity index (χ2n) is 9.78. The molecular formula is C29H33FN4O2. The van der Waals surface area contributed by atoms with Gasteiger partial charge >= 0.3 is 0 Å². The van der Waals surface area contributed by atoms with Gasteiger partial charge in [-0.1, -0.05) is 30.3 Å². The fraction of sp³-hybridized carbons (Fsp3) is 0.379. The zero-order valence-corrected chi connectivity index (χ0v) is 20.5. The molecule has 36 heavy (non-hydrogen) atoms. The Labute approximate surface area is 210 Å². The topological polar surface area (TPSA) is 58.8 Å². The van der Waals surface area contributed by atoms with Gasteiger partial charge in [-0.2, -0.15) is 0 Å². The Morgan fingerprint density at radius 1 is 0.944 bits per heavy atom. The highest BCUT2D eigenvalue weighted by Gasteiger charge is 2.19. The van der Waals surface area contributed by atoms with Crippen molar-refractivity contribution in [2.75, 3.05) is 26.2 Å². The van der Waals surface area contributed by atoms with E-state index < -0.39 is 0 Å². The molecule has 0 atom stereocenters. The molecule has 0 radical (unpaired) electrons. The summed E-state index contributed by atoms with van der Waals surface area (Å²) in [5.74, 6) is 0.336. The van der Waals surface area contributed by atoms with Gasteiger partial charge in [0.05, 0.1) is 11.0 Å². The Morgan fingerprint density at radius 3 is 2.56 bits per heavy atom. The molecule has 0 saturated carbocycles. The predicted octanol–water partition coefficient (Wildman–Crippen LogP) is 4.24. The summed E-state index contributed by atoms with van der Waals surface area (Å²) in [6, 6.07) is 18.7. The summed E-state index contributed by atoms with van der Waals surface area (Å²) < 4.78 is 17.3. The van der Waals surface area contributed by atoms with Crippen molar-refractivity contribution in [3.8, 4) is 0 Å². The first-order valence-electron chi connectivity index (χ1n) is 12.9. The summed E-state index contributed by atoms with van der Waals surface area (Å²) in [4.78, 5) is 27.8. The molecule has 1 N–H and O–H groups in total. The highest BCUT2D eigenvalue weighted by Crippen LogP contribution is 2.21. The van der Waals surface area contributed by atoms with Crippen LogP contribution in [0, 0.1) is 11.7 Å². The van der Waals surface area contributed by atoms with Crippen LogP contribution in [0.1, 0.15) is 31.2 Å². The molecule has 7 heteroatoms. The molecule has 1 saturated heterocycles. The van der Waals surface area contributed by atoms with Gasteiger partial charge in [-0.05, 0) is 80.6 Å². The highest BCUT2D eigenvalue weighted by molar-refractivity contribution is 5.79. The molecule has 3 heterocycles. The fourth-order valence-electron chi connectivity index (χ4n) is 5.35. The number of likely N-dealkylation sites (tertiary alicyclic amines) is 1. The lowest BCUT2D eigenvalue weighted by Gasteiger charge is -2.32. The Morgan fingerprint density at radius 2 is 1.75 bits per heavy atom. The number of benzene rings is 2. The average Bonchev–Trinajstić information content (AvgIpc) is 3.38. The number of aryl methyl sites for hydroxylation is 1. The number of rotatable bonds is 9. The van der Waals surface area contributed by atoms with Gasteiger partial charge in [0.25, 0.3) is 5.56 Å². The monoisotopic (exact) mass is 488 g/mol. The van der Waals surface area contributed by atoms with E-state index in [0.717, 1.165) is 37.5 Å². The van der Waals surface area contributed by atoms with Gasteiger partial charge in [-0.3, -0.25) is 9.59 Å². The number of nitrogens with one attached hydrogen (secondary N) is 1. The number of hydrogen-bond donors (Lipinski definition) is 1. The highest BCUT2D eigenvalue weighted by atomic mass is 19.1. The van der Waals surface area contributed by atoms with E-state index in [0.29, 0.717) is 37.0 Å². The van der Waals surface area contributed by atoms with E-state index in [9.17, 15) is 14.0 Å². The largest absolute Gasteiger partial charge is 0.355 e. The van der Waals surface area contributed by atoms with Crippen LogP contribution in [0.25, 0.3) is 16.6 Å². The molecule has 1 amide bonds. The number of carbonyl (C=O) groups is 1. The van der Waals surface area contributed by atoms with Gasteiger partial charge in [-0.15, -0.1) is 0 Å². The molecule has 2 aromatic heterocycles. The second-order valence-corrected chi connectivity index (χ2v) is 9.78. The van der Waals surface area contributed by atoms with Crippen LogP contribution in [0.3, 0.4) is 0 Å². The third kappa shape index (κ3) is 5.51. The van der Waals surface area contributed by atoms with Crippen LogP contribution in [0.15, 0.2) is 71.7 Å². The maximum absolute atomic E-state index is 13.9. The summed E-state index contributed by atoms with van der Waals surface area (Å²) in [7, 11) is 0. The van der Waals surface area contributed by atoms with E-state index in [2.05, 4.69) is 40.5 Å². The summed E-state index contributed by atoms with van der Waals surface area (Å²) >= 11 is 0. The van der Waals surface area contributed by atoms with E-state index in [1.807, 2.05) is 6.07 Å². The van der Waals surface area contributed by atoms with Crippen LogP contribution in [0.2, 0.25) is 0 Å². The summed E-state index contributed by atoms with van der Waals surface area (Å²) in [6.07, 6.45) is 6.18. The van der Waals surface area contributed by atoms with Crippen LogP contribution in [-0.4, -0.2) is 46.0 Å². The molecule has 188 valence electrons. The van der Waals surface area contributed by atoms with Crippen molar-refractivity contribution in [2.45, 2.75) is 38.6 Å². The zero-order valence-electron chi connectivity index (χ0n) is 20.5. The fourth-order valence-corrected chi connectivity index (χ4v) is 5.35. The van der Waals surface area contributed by atoms with Crippen molar-refractivity contribution in [2.24, 2.45) is 5.92 Å². The van der Waals surface area contributed by atoms with Crippen molar-refractivity contribution in [3.63, 3.8) is 0 Å². The van der Waals surface area contributed by atoms with Crippen molar-refractivity contribution in [3.05, 3.63) is 88.6 Å². The van der Waals surface area contributed by atoms with E-state index in [1.54, 1.807) is 27.3 Å². The van der Waals surface area contributed by atoms with Gasteiger partial charge < -0.3 is 19.2 Å². The van der Waals surface area contributed by atoms with Crippen molar-refractivity contribution >= 4 is 22.5 Å². The quantitative estimate of drug-likeness (QED) is 0.383. The molecule has 5 rings (SSSR count). The second kappa shape index (κ2) is 11.1. The Kier molecular flexibility index (Phi) is 7.47. The van der Waals surface area contributed by atoms with Crippen LogP contribution in [0.5, 0.6) is 0 Å². The lowest BCUT2D eigenvalue weighted by atomic mass is 9.90. The number of amides is 1. The standard InChI is InChI=1S/C29H33FN4O2/c30-24-10-11-25-27(21-24)34(29(36)26-8-4-15-33(25)26)16-5-9-28(35)31-14-19-32-17-12-23(13-18-32)20-22-6-2-1-3-7-22/h1-4,6-8,10-11,15,21,23H,5,9,12-14,16-20H2,(H,31,35). The maximum Gasteiger partial charge on any atom is 0.275 e. The number of halogens is 1. The number of aromatic nitrogens is 2. The number of nitrogens with zero attached hydrogens (tertiary/aromatic N) is 3. The minimum atomic E-state index is -0.385. The van der Waals surface area contributed by atoms with Gasteiger partial charge in [-0.25, -0.2) is 4.39 Å². The maximum atomic E-state index is 13.9. The summed E-state index contributed by atoms with van der Waals surface area (Å²) in [6.45, 7) is 4.00. The van der Waals surface area contributed by atoms with E-state index in [1.165, 1.54) is 30.5 Å². The molecule has 0 aliphatic carbocycles. The molecule has 1 fully saturated rings. The first kappa shape index (κ1) is 24.3. The lowest BCUT2D eigenvalue weighted by Crippen LogP contribution is -2.40. The summed E-state index contributed by atoms with van der Waals surface area (Å²) in [5, 5.41) is 3.02. The van der Waals surface area contributed by atoms with Crippen molar-refractivity contribution < 1.29 is 9.18 Å². The van der Waals surface area contributed by atoms with Crippen molar-refractivity contribution in [1.82, 2.24) is 19.2 Å². The molecule has 2 aromatic carbocycles. The average molecular weight is 489 g/mol. The minimum Gasteiger partial charge on any atom is -0.355 e. The van der Waals surface area contributed by atoms with Gasteiger partial charge in [0.2, 0.25) is 5.91 Å². The normalized spacial score (nSPS) is 15.0. The van der Waals surface area contributed by atoms with Crippen LogP contribution in [-0.2, 0) is 17.8 Å². The molecule has 6 nitrogen and oxygen atoms in total. The van der Waals surface area contributed by atoms with Crippen LogP contribution in [0.4, 0.5) is 4.39 Å². The first-order chi connectivity index (χ1) is 17.6. The zero-order chi connectivity index (χ0) is 24.9. The number of carbonyl (C=O) groups excluding carboxylic acids is 1. The smallest absolute Gasteiger partial charge is 0.275 e. The molecule has 0 unspecified atom stereocenters. The number of hydrogen-bond acceptors (Lipinski definition) is 3. The Bertz CT molecular complexity index is 1390. The SMILES string of the molecule is O=C(CCCn1c(=O)c2cccn2c2ccc(F)cc21)NCCN1CCC(Cc2ccccc2)CC1. The van der Waals surface area contributed by atoms with E-state index in [-0.39, 0.29) is 17.3 Å². The van der Waals surface area contributed by atoms with Crippen molar-refractivity contribution in [1.29, 1.82) is 0 Å². The third-order valence-electron chi connectivity index (χ3n) is 7.31. The third-order valence-corrected chi connectivity index (χ3v) is 7.31. The molecule has 4 aromatic rings. The van der Waals surface area contributed by atoms with Gasteiger partial charge in [0.15, 0.2) is 0 Å². The van der Waals surface area contributed by atoms with Crippen LogP contribution < -0.4 is 10.9 Å². The van der Waals surface area contributed by atoms with Gasteiger partial charge in [0.1, 0.15) is 11.3 Å². The van der Waals surface area contributed by atoms with E-state index >= 15 is 0 Å². The molecule has 0 bridgehead atoms. The number of piperidine rings is 1. The number of fused-ring (bicyclic) bond motifs is 3. The van der Waals surface area contributed by atoms with E-state index in [4.69, 9.17) is 0 Å². The molecule has 1 aliphatic heterocycles.